The molecule has 0 aliphatic heterocycles. The molecule has 3 heteroatoms. The SMILES string of the molecule is ClCCCCCCNCCCOc1ccccc1. The summed E-state index contributed by atoms with van der Waals surface area (Å²) in [6, 6.07) is 9.97. The van der Waals surface area contributed by atoms with Crippen molar-refractivity contribution in [1.29, 1.82) is 0 Å². The van der Waals surface area contributed by atoms with Crippen LogP contribution in [0.15, 0.2) is 30.3 Å². The van der Waals surface area contributed by atoms with Crippen molar-refractivity contribution >= 4 is 11.6 Å². The van der Waals surface area contributed by atoms with E-state index in [-0.39, 0.29) is 0 Å². The van der Waals surface area contributed by atoms with Gasteiger partial charge in [-0.25, -0.2) is 0 Å². The fourth-order valence-corrected chi connectivity index (χ4v) is 1.92. The smallest absolute Gasteiger partial charge is 0.119 e. The first kappa shape index (κ1) is 15.3. The topological polar surface area (TPSA) is 21.3 Å². The lowest BCUT2D eigenvalue weighted by Crippen LogP contribution is -2.18. The van der Waals surface area contributed by atoms with Crippen molar-refractivity contribution in [2.24, 2.45) is 0 Å². The zero-order valence-electron chi connectivity index (χ0n) is 11.0. The Hall–Kier alpha value is -0.730. The minimum Gasteiger partial charge on any atom is -0.494 e. The fourth-order valence-electron chi connectivity index (χ4n) is 1.73. The van der Waals surface area contributed by atoms with E-state index in [2.05, 4.69) is 5.32 Å². The minimum absolute atomic E-state index is 0.781. The molecule has 1 rings (SSSR count). The lowest BCUT2D eigenvalue weighted by Gasteiger charge is -2.07. The van der Waals surface area contributed by atoms with Crippen LogP contribution in [0.1, 0.15) is 32.1 Å². The molecule has 1 aromatic rings. The van der Waals surface area contributed by atoms with Gasteiger partial charge in [-0.2, -0.15) is 0 Å². The van der Waals surface area contributed by atoms with Gasteiger partial charge in [0.05, 0.1) is 6.61 Å². The van der Waals surface area contributed by atoms with E-state index in [1.165, 1.54) is 19.3 Å². The number of ether oxygens (including phenoxy) is 1. The summed E-state index contributed by atoms with van der Waals surface area (Å²) in [6.45, 7) is 2.92. The zero-order chi connectivity index (χ0) is 12.9. The molecule has 0 spiro atoms. The average molecular weight is 270 g/mol. The van der Waals surface area contributed by atoms with Gasteiger partial charge in [0.2, 0.25) is 0 Å². The van der Waals surface area contributed by atoms with Gasteiger partial charge in [-0.15, -0.1) is 11.6 Å². The predicted molar refractivity (Wildman–Crippen MR) is 78.6 cm³/mol. The van der Waals surface area contributed by atoms with Crippen molar-refractivity contribution in [1.82, 2.24) is 5.32 Å². The molecule has 0 heterocycles. The van der Waals surface area contributed by atoms with Crippen LogP contribution in [0.2, 0.25) is 0 Å². The first-order valence-electron chi connectivity index (χ1n) is 6.88. The summed E-state index contributed by atoms with van der Waals surface area (Å²) in [5, 5.41) is 3.44. The molecule has 0 unspecified atom stereocenters. The highest BCUT2D eigenvalue weighted by atomic mass is 35.5. The molecule has 0 aliphatic carbocycles. The van der Waals surface area contributed by atoms with Gasteiger partial charge in [-0.1, -0.05) is 31.0 Å². The van der Waals surface area contributed by atoms with Gasteiger partial charge in [0.25, 0.3) is 0 Å². The molecule has 102 valence electrons. The highest BCUT2D eigenvalue weighted by molar-refractivity contribution is 6.17. The second kappa shape index (κ2) is 11.4. The number of nitrogens with one attached hydrogen (secondary N) is 1. The number of para-hydroxylation sites is 1. The van der Waals surface area contributed by atoms with E-state index in [1.54, 1.807) is 0 Å². The van der Waals surface area contributed by atoms with Gasteiger partial charge in [0.1, 0.15) is 5.75 Å². The highest BCUT2D eigenvalue weighted by Crippen LogP contribution is 2.08. The first-order valence-corrected chi connectivity index (χ1v) is 7.41. The van der Waals surface area contributed by atoms with Crippen LogP contribution < -0.4 is 10.1 Å². The van der Waals surface area contributed by atoms with E-state index in [9.17, 15) is 0 Å². The van der Waals surface area contributed by atoms with E-state index < -0.39 is 0 Å². The molecule has 0 bridgehead atoms. The maximum Gasteiger partial charge on any atom is 0.119 e. The van der Waals surface area contributed by atoms with Crippen molar-refractivity contribution in [2.75, 3.05) is 25.6 Å². The monoisotopic (exact) mass is 269 g/mol. The largest absolute Gasteiger partial charge is 0.494 e. The minimum atomic E-state index is 0.781. The molecule has 0 atom stereocenters. The Bertz CT molecular complexity index is 279. The third-order valence-corrected chi connectivity index (χ3v) is 3.01. The Kier molecular flexibility index (Phi) is 9.68. The van der Waals surface area contributed by atoms with Crippen LogP contribution in [0.3, 0.4) is 0 Å². The van der Waals surface area contributed by atoms with E-state index in [1.807, 2.05) is 30.3 Å². The van der Waals surface area contributed by atoms with Gasteiger partial charge >= 0.3 is 0 Å². The molecule has 18 heavy (non-hydrogen) atoms. The molecule has 0 saturated heterocycles. The van der Waals surface area contributed by atoms with Gasteiger partial charge in [0, 0.05) is 5.88 Å². The standard InChI is InChI=1S/C15H24ClNO/c16-11-6-1-2-7-12-17-13-8-14-18-15-9-4-3-5-10-15/h3-5,9-10,17H,1-2,6-8,11-14H2. The average Bonchev–Trinajstić information content (AvgIpc) is 2.42. The second-order valence-corrected chi connectivity index (χ2v) is 4.75. The Labute approximate surface area is 116 Å². The van der Waals surface area contributed by atoms with Crippen LogP contribution in [0.4, 0.5) is 0 Å². The summed E-state index contributed by atoms with van der Waals surface area (Å²) >= 11 is 5.62. The van der Waals surface area contributed by atoms with Gasteiger partial charge < -0.3 is 10.1 Å². The Balaban J connectivity index is 1.82. The number of halogens is 1. The normalized spacial score (nSPS) is 10.5. The van der Waals surface area contributed by atoms with Gasteiger partial charge in [0.15, 0.2) is 0 Å². The Morgan fingerprint density at radius 2 is 1.61 bits per heavy atom. The number of hydrogen-bond donors (Lipinski definition) is 1. The van der Waals surface area contributed by atoms with Crippen LogP contribution in [0.5, 0.6) is 5.75 Å². The molecule has 1 aromatic carbocycles. The molecule has 0 fully saturated rings. The van der Waals surface area contributed by atoms with Crippen LogP contribution >= 0.6 is 11.6 Å². The number of benzene rings is 1. The van der Waals surface area contributed by atoms with E-state index >= 15 is 0 Å². The second-order valence-electron chi connectivity index (χ2n) is 4.37. The van der Waals surface area contributed by atoms with Crippen molar-refractivity contribution in [3.05, 3.63) is 30.3 Å². The molecule has 0 aliphatic rings. The van der Waals surface area contributed by atoms with Gasteiger partial charge in [-0.3, -0.25) is 0 Å². The van der Waals surface area contributed by atoms with Crippen LogP contribution in [0.25, 0.3) is 0 Å². The van der Waals surface area contributed by atoms with Crippen molar-refractivity contribution in [3.63, 3.8) is 0 Å². The third kappa shape index (κ3) is 8.37. The van der Waals surface area contributed by atoms with Crippen LogP contribution in [0, 0.1) is 0 Å². The fraction of sp³-hybridized carbons (Fsp3) is 0.600. The number of alkyl halides is 1. The lowest BCUT2D eigenvalue weighted by molar-refractivity contribution is 0.308. The Morgan fingerprint density at radius 1 is 0.889 bits per heavy atom. The molecule has 0 amide bonds. The number of hydrogen-bond acceptors (Lipinski definition) is 2. The molecular formula is C15H24ClNO. The van der Waals surface area contributed by atoms with Crippen molar-refractivity contribution in [3.8, 4) is 5.75 Å². The summed E-state index contributed by atoms with van der Waals surface area (Å²) in [5.74, 6) is 1.75. The maximum absolute atomic E-state index is 5.62. The molecule has 0 aromatic heterocycles. The first-order chi connectivity index (χ1) is 8.93. The number of unbranched alkanes of at least 4 members (excludes halogenated alkanes) is 3. The quantitative estimate of drug-likeness (QED) is 0.487. The lowest BCUT2D eigenvalue weighted by atomic mass is 10.2. The van der Waals surface area contributed by atoms with E-state index in [0.29, 0.717) is 0 Å². The maximum atomic E-state index is 5.62. The molecule has 2 nitrogen and oxygen atoms in total. The molecule has 0 saturated carbocycles. The molecule has 0 radical (unpaired) electrons. The summed E-state index contributed by atoms with van der Waals surface area (Å²) in [7, 11) is 0. The third-order valence-electron chi connectivity index (χ3n) is 2.75. The zero-order valence-corrected chi connectivity index (χ0v) is 11.8. The van der Waals surface area contributed by atoms with Crippen LogP contribution in [-0.4, -0.2) is 25.6 Å². The molecular weight excluding hydrogens is 246 g/mol. The summed E-state index contributed by atoms with van der Waals surface area (Å²) in [6.07, 6.45) is 5.97. The summed E-state index contributed by atoms with van der Waals surface area (Å²) in [4.78, 5) is 0. The van der Waals surface area contributed by atoms with E-state index in [0.717, 1.165) is 44.2 Å². The van der Waals surface area contributed by atoms with Crippen molar-refractivity contribution in [2.45, 2.75) is 32.1 Å². The summed E-state index contributed by atoms with van der Waals surface area (Å²) < 4.78 is 5.61. The Morgan fingerprint density at radius 3 is 2.39 bits per heavy atom. The predicted octanol–water partition coefficient (Wildman–Crippen LogP) is 3.84. The highest BCUT2D eigenvalue weighted by Gasteiger charge is 1.93. The summed E-state index contributed by atoms with van der Waals surface area (Å²) in [5.41, 5.74) is 0. The number of rotatable bonds is 11. The van der Waals surface area contributed by atoms with Gasteiger partial charge in [-0.05, 0) is 44.5 Å². The van der Waals surface area contributed by atoms with Crippen molar-refractivity contribution < 1.29 is 4.74 Å². The molecule has 1 N–H and O–H groups in total. The van der Waals surface area contributed by atoms with E-state index in [4.69, 9.17) is 16.3 Å². The van der Waals surface area contributed by atoms with Crippen LogP contribution in [-0.2, 0) is 0 Å².